The van der Waals surface area contributed by atoms with Crippen LogP contribution in [0, 0.1) is 6.92 Å². The van der Waals surface area contributed by atoms with E-state index in [-0.39, 0.29) is 0 Å². The Balaban J connectivity index is 1.98. The van der Waals surface area contributed by atoms with Gasteiger partial charge in [-0.15, -0.1) is 28.2 Å². The van der Waals surface area contributed by atoms with Gasteiger partial charge in [0.1, 0.15) is 0 Å². The molecule has 14 heavy (non-hydrogen) atoms. The number of thiophene rings is 1. The summed E-state index contributed by atoms with van der Waals surface area (Å²) in [4.78, 5) is 0. The van der Waals surface area contributed by atoms with E-state index in [1.165, 1.54) is 13.6 Å². The first-order valence-corrected chi connectivity index (χ1v) is 6.46. The van der Waals surface area contributed by atoms with Crippen LogP contribution in [0.2, 0.25) is 0 Å². The highest BCUT2D eigenvalue weighted by Crippen LogP contribution is 2.35. The van der Waals surface area contributed by atoms with Crippen LogP contribution >= 0.6 is 39.0 Å². The summed E-state index contributed by atoms with van der Waals surface area (Å²) in [5.74, 6) is 1.58. The first-order valence-electron chi connectivity index (χ1n) is 3.87. The Labute approximate surface area is 97.6 Å². The number of hydrogen-bond acceptors (Lipinski definition) is 5. The predicted molar refractivity (Wildman–Crippen MR) is 60.5 cm³/mol. The standard InChI is InChI=1S/C7H7BrN4S2/c1-4-2-6(14-7(4)8)13-3-5-9-11-12-10-5/h2H,3H2,1H3,(H,9,10,11,12). The van der Waals surface area contributed by atoms with Crippen molar-refractivity contribution in [3.05, 3.63) is 21.2 Å². The molecule has 1 N–H and O–H groups in total. The lowest BCUT2D eigenvalue weighted by Gasteiger charge is -1.91. The van der Waals surface area contributed by atoms with Crippen LogP contribution in [0.3, 0.4) is 0 Å². The Kier molecular flexibility index (Phi) is 3.19. The fraction of sp³-hybridized carbons (Fsp3) is 0.286. The van der Waals surface area contributed by atoms with E-state index in [2.05, 4.69) is 49.5 Å². The molecule has 0 aliphatic carbocycles. The van der Waals surface area contributed by atoms with E-state index in [1.807, 2.05) is 0 Å². The molecule has 0 aliphatic rings. The number of aromatic amines is 1. The minimum absolute atomic E-state index is 0.777. The molecule has 0 saturated carbocycles. The lowest BCUT2D eigenvalue weighted by atomic mass is 10.4. The monoisotopic (exact) mass is 290 g/mol. The number of rotatable bonds is 3. The summed E-state index contributed by atoms with van der Waals surface area (Å²) in [7, 11) is 0. The molecule has 0 aromatic carbocycles. The van der Waals surface area contributed by atoms with Crippen molar-refractivity contribution >= 4 is 39.0 Å². The first-order chi connectivity index (χ1) is 6.75. The molecule has 2 heterocycles. The van der Waals surface area contributed by atoms with Crippen molar-refractivity contribution in [1.29, 1.82) is 0 Å². The van der Waals surface area contributed by atoms with Gasteiger partial charge in [-0.3, -0.25) is 0 Å². The van der Waals surface area contributed by atoms with Crippen molar-refractivity contribution in [1.82, 2.24) is 20.6 Å². The fourth-order valence-electron chi connectivity index (χ4n) is 0.882. The summed E-state index contributed by atoms with van der Waals surface area (Å²) in [6.07, 6.45) is 0. The summed E-state index contributed by atoms with van der Waals surface area (Å²) in [5.41, 5.74) is 1.27. The van der Waals surface area contributed by atoms with Crippen molar-refractivity contribution < 1.29 is 0 Å². The van der Waals surface area contributed by atoms with E-state index in [0.717, 1.165) is 11.6 Å². The lowest BCUT2D eigenvalue weighted by Crippen LogP contribution is -1.82. The summed E-state index contributed by atoms with van der Waals surface area (Å²) < 4.78 is 2.46. The van der Waals surface area contributed by atoms with Gasteiger partial charge in [-0.25, -0.2) is 5.10 Å². The molecule has 0 bridgehead atoms. The maximum atomic E-state index is 3.82. The van der Waals surface area contributed by atoms with Crippen LogP contribution in [0.1, 0.15) is 11.4 Å². The molecule has 74 valence electrons. The highest BCUT2D eigenvalue weighted by Gasteiger charge is 2.04. The highest BCUT2D eigenvalue weighted by molar-refractivity contribution is 9.11. The normalized spacial score (nSPS) is 10.7. The van der Waals surface area contributed by atoms with Crippen LogP contribution in [0.15, 0.2) is 14.1 Å². The van der Waals surface area contributed by atoms with Gasteiger partial charge < -0.3 is 0 Å². The molecule has 0 saturated heterocycles. The molecule has 0 fully saturated rings. The number of thioether (sulfide) groups is 1. The van der Waals surface area contributed by atoms with E-state index in [1.54, 1.807) is 23.1 Å². The maximum absolute atomic E-state index is 3.82. The minimum Gasteiger partial charge on any atom is -0.242 e. The number of nitrogens with one attached hydrogen (secondary N) is 1. The van der Waals surface area contributed by atoms with Crippen molar-refractivity contribution in [3.63, 3.8) is 0 Å². The molecule has 0 radical (unpaired) electrons. The van der Waals surface area contributed by atoms with Gasteiger partial charge >= 0.3 is 0 Å². The summed E-state index contributed by atoms with van der Waals surface area (Å²) >= 11 is 6.95. The van der Waals surface area contributed by atoms with Crippen molar-refractivity contribution in [2.24, 2.45) is 0 Å². The number of tetrazole rings is 1. The molecule has 2 aromatic heterocycles. The minimum atomic E-state index is 0.777. The SMILES string of the molecule is Cc1cc(SCc2nnn[nH]2)sc1Br. The Bertz CT molecular complexity index is 392. The van der Waals surface area contributed by atoms with Gasteiger partial charge in [0.2, 0.25) is 0 Å². The number of H-pyrrole nitrogens is 1. The zero-order chi connectivity index (χ0) is 9.97. The molecule has 7 heteroatoms. The third-order valence-electron chi connectivity index (χ3n) is 1.57. The molecule has 2 rings (SSSR count). The van der Waals surface area contributed by atoms with E-state index in [4.69, 9.17) is 0 Å². The average molecular weight is 291 g/mol. The lowest BCUT2D eigenvalue weighted by molar-refractivity contribution is 0.881. The van der Waals surface area contributed by atoms with Crippen LogP contribution in [-0.4, -0.2) is 20.6 Å². The van der Waals surface area contributed by atoms with Gasteiger partial charge in [0.15, 0.2) is 5.82 Å². The Morgan fingerprint density at radius 3 is 3.07 bits per heavy atom. The van der Waals surface area contributed by atoms with Crippen LogP contribution in [0.5, 0.6) is 0 Å². The third-order valence-corrected chi connectivity index (χ3v) is 4.93. The Morgan fingerprint density at radius 2 is 2.50 bits per heavy atom. The molecular weight excluding hydrogens is 284 g/mol. The van der Waals surface area contributed by atoms with Gasteiger partial charge in [0.25, 0.3) is 0 Å². The van der Waals surface area contributed by atoms with Crippen LogP contribution in [0.4, 0.5) is 0 Å². The Morgan fingerprint density at radius 1 is 1.64 bits per heavy atom. The van der Waals surface area contributed by atoms with Crippen molar-refractivity contribution in [2.45, 2.75) is 16.9 Å². The molecular formula is C7H7BrN4S2. The average Bonchev–Trinajstić information content (AvgIpc) is 2.74. The van der Waals surface area contributed by atoms with E-state index in [9.17, 15) is 0 Å². The molecule has 2 aromatic rings. The second kappa shape index (κ2) is 4.41. The first kappa shape index (κ1) is 10.1. The highest BCUT2D eigenvalue weighted by atomic mass is 79.9. The van der Waals surface area contributed by atoms with Gasteiger partial charge in [-0.05, 0) is 44.9 Å². The second-order valence-corrected chi connectivity index (χ2v) is 6.30. The number of aryl methyl sites for hydroxylation is 1. The summed E-state index contributed by atoms with van der Waals surface area (Å²) in [5, 5.41) is 13.6. The number of hydrogen-bond donors (Lipinski definition) is 1. The van der Waals surface area contributed by atoms with Gasteiger partial charge in [0.05, 0.1) is 13.7 Å². The summed E-state index contributed by atoms with van der Waals surface area (Å²) in [6, 6.07) is 2.16. The maximum Gasteiger partial charge on any atom is 0.158 e. The topological polar surface area (TPSA) is 54.5 Å². The van der Waals surface area contributed by atoms with E-state index in [0.29, 0.717) is 0 Å². The molecule has 0 atom stereocenters. The van der Waals surface area contributed by atoms with Crippen LogP contribution in [0.25, 0.3) is 0 Å². The van der Waals surface area contributed by atoms with Gasteiger partial charge in [-0.2, -0.15) is 0 Å². The van der Waals surface area contributed by atoms with E-state index < -0.39 is 0 Å². The quantitative estimate of drug-likeness (QED) is 0.883. The predicted octanol–water partition coefficient (Wildman–Crippen LogP) is 2.62. The van der Waals surface area contributed by atoms with Crippen LogP contribution in [-0.2, 0) is 5.75 Å². The van der Waals surface area contributed by atoms with Crippen molar-refractivity contribution in [3.8, 4) is 0 Å². The molecule has 0 unspecified atom stereocenters. The number of halogens is 1. The zero-order valence-corrected chi connectivity index (χ0v) is 10.5. The third kappa shape index (κ3) is 2.34. The van der Waals surface area contributed by atoms with Gasteiger partial charge in [-0.1, -0.05) is 0 Å². The molecule has 0 aliphatic heterocycles. The second-order valence-electron chi connectivity index (χ2n) is 2.66. The number of nitrogens with zero attached hydrogens (tertiary/aromatic N) is 3. The number of aromatic nitrogens is 4. The fourth-order valence-corrected chi connectivity index (χ4v) is 3.80. The summed E-state index contributed by atoms with van der Waals surface area (Å²) in [6.45, 7) is 2.08. The largest absolute Gasteiger partial charge is 0.242 e. The molecule has 0 spiro atoms. The van der Waals surface area contributed by atoms with E-state index >= 15 is 0 Å². The smallest absolute Gasteiger partial charge is 0.158 e. The Hall–Kier alpha value is -0.400. The van der Waals surface area contributed by atoms with Gasteiger partial charge in [0, 0.05) is 0 Å². The van der Waals surface area contributed by atoms with Crippen molar-refractivity contribution in [2.75, 3.05) is 0 Å². The molecule has 4 nitrogen and oxygen atoms in total. The molecule has 0 amide bonds. The van der Waals surface area contributed by atoms with Crippen LogP contribution < -0.4 is 0 Å². The zero-order valence-electron chi connectivity index (χ0n) is 7.32.